The standard InChI is InChI=1S/C19H20N6O2/c26-18(17-13-5-2-1-3-6-15(13)27-24-17)22-16-11-14(12-7-8-12)23-25(16)19-20-9-4-10-21-19/h4,9-12H,1-3,5-8H2,(H,22,26). The van der Waals surface area contributed by atoms with Crippen molar-refractivity contribution in [2.45, 2.75) is 50.9 Å². The maximum absolute atomic E-state index is 12.9. The SMILES string of the molecule is O=C(Nc1cc(C2CC2)nn1-c1ncccn1)c1noc2c1CCCCC2. The smallest absolute Gasteiger partial charge is 0.279 e. The highest BCUT2D eigenvalue weighted by Gasteiger charge is 2.29. The molecule has 27 heavy (non-hydrogen) atoms. The second-order valence-electron chi connectivity index (χ2n) is 7.14. The van der Waals surface area contributed by atoms with Crippen molar-refractivity contribution in [1.29, 1.82) is 0 Å². The van der Waals surface area contributed by atoms with Crippen molar-refractivity contribution in [1.82, 2.24) is 24.9 Å². The second-order valence-corrected chi connectivity index (χ2v) is 7.14. The molecule has 3 aromatic rings. The lowest BCUT2D eigenvalue weighted by Crippen LogP contribution is -2.18. The molecule has 1 fully saturated rings. The van der Waals surface area contributed by atoms with Crippen LogP contribution in [-0.2, 0) is 12.8 Å². The molecule has 1 N–H and O–H groups in total. The molecule has 8 nitrogen and oxygen atoms in total. The van der Waals surface area contributed by atoms with E-state index in [0.29, 0.717) is 23.4 Å². The van der Waals surface area contributed by atoms with Gasteiger partial charge in [-0.3, -0.25) is 4.79 Å². The third-order valence-corrected chi connectivity index (χ3v) is 5.12. The Labute approximate surface area is 156 Å². The van der Waals surface area contributed by atoms with Crippen LogP contribution in [-0.4, -0.2) is 30.8 Å². The summed E-state index contributed by atoms with van der Waals surface area (Å²) in [6.07, 6.45) is 10.5. The van der Waals surface area contributed by atoms with Gasteiger partial charge in [-0.1, -0.05) is 11.6 Å². The van der Waals surface area contributed by atoms with E-state index in [1.54, 1.807) is 23.1 Å². The number of carbonyl (C=O) groups excluding carboxylic acids is 1. The molecular weight excluding hydrogens is 344 g/mol. The van der Waals surface area contributed by atoms with Gasteiger partial charge in [-0.25, -0.2) is 9.97 Å². The Hall–Kier alpha value is -3.03. The first kappa shape index (κ1) is 16.2. The topological polar surface area (TPSA) is 98.7 Å². The molecule has 0 spiro atoms. The van der Waals surface area contributed by atoms with Crippen LogP contribution in [0.25, 0.3) is 5.95 Å². The summed E-state index contributed by atoms with van der Waals surface area (Å²) < 4.78 is 7.02. The lowest BCUT2D eigenvalue weighted by Gasteiger charge is -2.06. The zero-order valence-electron chi connectivity index (χ0n) is 14.9. The van der Waals surface area contributed by atoms with Crippen LogP contribution in [0.2, 0.25) is 0 Å². The number of hydrogen-bond acceptors (Lipinski definition) is 6. The van der Waals surface area contributed by atoms with Crippen LogP contribution in [0.3, 0.4) is 0 Å². The van der Waals surface area contributed by atoms with Gasteiger partial charge in [0.1, 0.15) is 11.6 Å². The average Bonchev–Trinajstić information content (AvgIpc) is 3.41. The van der Waals surface area contributed by atoms with E-state index in [2.05, 4.69) is 25.5 Å². The first-order chi connectivity index (χ1) is 13.3. The van der Waals surface area contributed by atoms with Crippen molar-refractivity contribution in [2.24, 2.45) is 0 Å². The molecule has 0 atom stereocenters. The molecule has 0 unspecified atom stereocenters. The lowest BCUT2D eigenvalue weighted by molar-refractivity contribution is 0.101. The number of nitrogens with one attached hydrogen (secondary N) is 1. The molecule has 0 aliphatic heterocycles. The average molecular weight is 364 g/mol. The van der Waals surface area contributed by atoms with Crippen molar-refractivity contribution in [3.8, 4) is 5.95 Å². The predicted molar refractivity (Wildman–Crippen MR) is 96.8 cm³/mol. The van der Waals surface area contributed by atoms with Crippen LogP contribution >= 0.6 is 0 Å². The highest BCUT2D eigenvalue weighted by atomic mass is 16.5. The number of nitrogens with zero attached hydrogens (tertiary/aromatic N) is 5. The van der Waals surface area contributed by atoms with E-state index in [4.69, 9.17) is 4.52 Å². The van der Waals surface area contributed by atoms with Gasteiger partial charge in [-0.2, -0.15) is 9.78 Å². The summed E-state index contributed by atoms with van der Waals surface area (Å²) >= 11 is 0. The van der Waals surface area contributed by atoms with Crippen LogP contribution in [0.4, 0.5) is 5.82 Å². The maximum atomic E-state index is 12.9. The molecule has 8 heteroatoms. The van der Waals surface area contributed by atoms with Gasteiger partial charge in [-0.05, 0) is 38.2 Å². The highest BCUT2D eigenvalue weighted by molar-refractivity contribution is 6.03. The van der Waals surface area contributed by atoms with Gasteiger partial charge in [-0.15, -0.1) is 0 Å². The van der Waals surface area contributed by atoms with Gasteiger partial charge in [0.05, 0.1) is 5.69 Å². The number of anilines is 1. The summed E-state index contributed by atoms with van der Waals surface area (Å²) in [4.78, 5) is 21.4. The Kier molecular flexibility index (Phi) is 3.95. The first-order valence-corrected chi connectivity index (χ1v) is 9.46. The Morgan fingerprint density at radius 3 is 2.78 bits per heavy atom. The van der Waals surface area contributed by atoms with Crippen LogP contribution in [0.5, 0.6) is 0 Å². The van der Waals surface area contributed by atoms with E-state index in [1.165, 1.54) is 0 Å². The minimum atomic E-state index is -0.277. The molecule has 3 heterocycles. The normalized spacial score (nSPS) is 16.6. The third-order valence-electron chi connectivity index (χ3n) is 5.12. The van der Waals surface area contributed by atoms with Crippen molar-refractivity contribution in [3.05, 3.63) is 47.2 Å². The predicted octanol–water partition coefficient (Wildman–Crippen LogP) is 3.05. The van der Waals surface area contributed by atoms with Crippen molar-refractivity contribution < 1.29 is 9.32 Å². The first-order valence-electron chi connectivity index (χ1n) is 9.46. The number of amides is 1. The van der Waals surface area contributed by atoms with E-state index in [1.807, 2.05) is 6.07 Å². The molecule has 3 aromatic heterocycles. The van der Waals surface area contributed by atoms with Gasteiger partial charge in [0.15, 0.2) is 5.69 Å². The number of carbonyl (C=O) groups is 1. The van der Waals surface area contributed by atoms with Crippen LogP contribution < -0.4 is 5.32 Å². The fourth-order valence-corrected chi connectivity index (χ4v) is 3.54. The molecule has 2 aliphatic rings. The number of aromatic nitrogens is 5. The van der Waals surface area contributed by atoms with Gasteiger partial charge in [0, 0.05) is 36.4 Å². The maximum Gasteiger partial charge on any atom is 0.279 e. The Morgan fingerprint density at radius 1 is 1.15 bits per heavy atom. The summed E-state index contributed by atoms with van der Waals surface area (Å²) in [5.74, 6) is 2.00. The number of hydrogen-bond donors (Lipinski definition) is 1. The molecule has 1 amide bonds. The zero-order valence-corrected chi connectivity index (χ0v) is 14.9. The summed E-state index contributed by atoms with van der Waals surface area (Å²) in [6, 6.07) is 3.66. The molecule has 0 saturated heterocycles. The summed E-state index contributed by atoms with van der Waals surface area (Å²) in [5.41, 5.74) is 2.27. The molecule has 0 bridgehead atoms. The summed E-state index contributed by atoms with van der Waals surface area (Å²) in [5, 5.41) is 11.6. The van der Waals surface area contributed by atoms with E-state index < -0.39 is 0 Å². The summed E-state index contributed by atoms with van der Waals surface area (Å²) in [7, 11) is 0. The van der Waals surface area contributed by atoms with Crippen molar-refractivity contribution >= 4 is 11.7 Å². The number of rotatable bonds is 4. The third kappa shape index (κ3) is 3.11. The lowest BCUT2D eigenvalue weighted by atomic mass is 10.1. The zero-order chi connectivity index (χ0) is 18.2. The fourth-order valence-electron chi connectivity index (χ4n) is 3.54. The Morgan fingerprint density at radius 2 is 1.96 bits per heavy atom. The highest BCUT2D eigenvalue weighted by Crippen LogP contribution is 2.40. The minimum absolute atomic E-state index is 0.277. The Balaban J connectivity index is 1.47. The minimum Gasteiger partial charge on any atom is -0.360 e. The number of fused-ring (bicyclic) bond motifs is 1. The fraction of sp³-hybridized carbons (Fsp3) is 0.421. The second kappa shape index (κ2) is 6.61. The summed E-state index contributed by atoms with van der Waals surface area (Å²) in [6.45, 7) is 0. The van der Waals surface area contributed by atoms with Crippen molar-refractivity contribution in [3.63, 3.8) is 0 Å². The molecule has 138 valence electrons. The van der Waals surface area contributed by atoms with Crippen molar-refractivity contribution in [2.75, 3.05) is 5.32 Å². The molecule has 1 saturated carbocycles. The van der Waals surface area contributed by atoms with E-state index >= 15 is 0 Å². The number of aryl methyl sites for hydroxylation is 1. The van der Waals surface area contributed by atoms with E-state index in [0.717, 1.165) is 62.0 Å². The quantitative estimate of drug-likeness (QED) is 0.715. The van der Waals surface area contributed by atoms with Crippen LogP contribution in [0.1, 0.15) is 65.5 Å². The molecule has 0 radical (unpaired) electrons. The Bertz CT molecular complexity index is 974. The van der Waals surface area contributed by atoms with Gasteiger partial charge in [0.25, 0.3) is 11.9 Å². The largest absolute Gasteiger partial charge is 0.360 e. The van der Waals surface area contributed by atoms with Gasteiger partial charge in [0.2, 0.25) is 0 Å². The molecule has 2 aliphatic carbocycles. The molecule has 5 rings (SSSR count). The molecule has 0 aromatic carbocycles. The van der Waals surface area contributed by atoms with E-state index in [9.17, 15) is 4.79 Å². The van der Waals surface area contributed by atoms with E-state index in [-0.39, 0.29) is 5.91 Å². The molecular formula is C19H20N6O2. The van der Waals surface area contributed by atoms with Crippen LogP contribution in [0, 0.1) is 0 Å². The van der Waals surface area contributed by atoms with Crippen LogP contribution in [0.15, 0.2) is 29.0 Å². The van der Waals surface area contributed by atoms with Gasteiger partial charge >= 0.3 is 0 Å². The monoisotopic (exact) mass is 364 g/mol. The van der Waals surface area contributed by atoms with Gasteiger partial charge < -0.3 is 9.84 Å².